The topological polar surface area (TPSA) is 48.0 Å². The average molecular weight is 376 g/mol. The second kappa shape index (κ2) is 11.1. The van der Waals surface area contributed by atoms with Gasteiger partial charge in [-0.25, -0.2) is 4.79 Å². The third kappa shape index (κ3) is 7.00. The molecule has 0 N–H and O–H groups in total. The number of rotatable bonds is 9. The van der Waals surface area contributed by atoms with E-state index in [1.165, 1.54) is 12.7 Å². The van der Waals surface area contributed by atoms with Crippen LogP contribution in [-0.4, -0.2) is 49.8 Å². The molecule has 5 nitrogen and oxygen atoms in total. The zero-order valence-electron chi connectivity index (χ0n) is 17.0. The van der Waals surface area contributed by atoms with E-state index in [2.05, 4.69) is 30.9 Å². The quantitative estimate of drug-likeness (QED) is 0.373. The van der Waals surface area contributed by atoms with E-state index in [0.717, 1.165) is 32.5 Å². The lowest BCUT2D eigenvalue weighted by molar-refractivity contribution is -0.142. The number of benzene rings is 1. The first kappa shape index (κ1) is 21.5. The molecule has 1 aliphatic rings. The number of piperidine rings is 1. The van der Waals surface area contributed by atoms with E-state index in [1.54, 1.807) is 13.0 Å². The van der Waals surface area contributed by atoms with Crippen molar-refractivity contribution in [2.75, 3.05) is 26.7 Å². The molecule has 5 heteroatoms. The van der Waals surface area contributed by atoms with E-state index < -0.39 is 5.97 Å². The highest BCUT2D eigenvalue weighted by atomic mass is 16.6. The van der Waals surface area contributed by atoms with Gasteiger partial charge in [-0.15, -0.1) is 0 Å². The molecule has 1 aliphatic heterocycles. The monoisotopic (exact) mass is 375 g/mol. The summed E-state index contributed by atoms with van der Waals surface area (Å²) in [5.41, 5.74) is 1.22. The highest BCUT2D eigenvalue weighted by Crippen LogP contribution is 2.19. The van der Waals surface area contributed by atoms with Crippen molar-refractivity contribution >= 4 is 5.97 Å². The summed E-state index contributed by atoms with van der Waals surface area (Å²) < 4.78 is 16.8. The third-order valence-electron chi connectivity index (χ3n) is 4.97. The van der Waals surface area contributed by atoms with Crippen LogP contribution in [0.15, 0.2) is 42.2 Å². The van der Waals surface area contributed by atoms with E-state index in [1.807, 2.05) is 18.2 Å². The number of likely N-dealkylation sites (tertiary alicyclic amines) is 1. The summed E-state index contributed by atoms with van der Waals surface area (Å²) in [6.07, 6.45) is 3.97. The summed E-state index contributed by atoms with van der Waals surface area (Å²) >= 11 is 0. The Morgan fingerprint density at radius 2 is 1.89 bits per heavy atom. The summed E-state index contributed by atoms with van der Waals surface area (Å²) in [5.74, 6) is 0.171. The Hall–Kier alpha value is -1.85. The standard InChI is InChI=1S/C22H33NO4/c1-5-20(22(24)25-4)27-21(17(2)3)15-23-13-11-19(12-14-23)26-16-18-9-7-6-8-10-18/h5-10,17,19,21H,11-16H2,1-4H3/b20-5-/t21-/m0/s1. The van der Waals surface area contributed by atoms with Crippen molar-refractivity contribution in [1.82, 2.24) is 4.90 Å². The van der Waals surface area contributed by atoms with Crippen molar-refractivity contribution in [3.8, 4) is 0 Å². The van der Waals surface area contributed by atoms with Gasteiger partial charge in [-0.2, -0.15) is 0 Å². The minimum atomic E-state index is -0.420. The average Bonchev–Trinajstić information content (AvgIpc) is 2.70. The molecule has 0 aliphatic carbocycles. The first-order valence-electron chi connectivity index (χ1n) is 9.82. The van der Waals surface area contributed by atoms with Gasteiger partial charge in [0.15, 0.2) is 0 Å². The number of allylic oxidation sites excluding steroid dienone is 1. The maximum Gasteiger partial charge on any atom is 0.372 e. The maximum atomic E-state index is 11.8. The molecule has 0 aromatic heterocycles. The molecule has 1 fully saturated rings. The van der Waals surface area contributed by atoms with Crippen LogP contribution in [0.25, 0.3) is 0 Å². The largest absolute Gasteiger partial charge is 0.482 e. The van der Waals surface area contributed by atoms with Crippen LogP contribution in [-0.2, 0) is 25.6 Å². The van der Waals surface area contributed by atoms with Gasteiger partial charge in [-0.1, -0.05) is 44.2 Å². The van der Waals surface area contributed by atoms with Gasteiger partial charge in [0.05, 0.1) is 19.8 Å². The molecule has 0 unspecified atom stereocenters. The van der Waals surface area contributed by atoms with E-state index >= 15 is 0 Å². The van der Waals surface area contributed by atoms with Crippen molar-refractivity contribution in [2.24, 2.45) is 5.92 Å². The van der Waals surface area contributed by atoms with Crippen LogP contribution in [0.3, 0.4) is 0 Å². The Morgan fingerprint density at radius 3 is 2.44 bits per heavy atom. The minimum absolute atomic E-state index is 0.0444. The molecule has 1 aromatic rings. The van der Waals surface area contributed by atoms with Crippen molar-refractivity contribution in [1.29, 1.82) is 0 Å². The fourth-order valence-corrected chi connectivity index (χ4v) is 3.18. The fraction of sp³-hybridized carbons (Fsp3) is 0.591. The molecule has 0 amide bonds. The number of nitrogens with zero attached hydrogens (tertiary/aromatic N) is 1. The normalized spacial score (nSPS) is 17.7. The van der Waals surface area contributed by atoms with E-state index in [-0.39, 0.29) is 11.9 Å². The van der Waals surface area contributed by atoms with Crippen LogP contribution in [0, 0.1) is 5.92 Å². The first-order chi connectivity index (χ1) is 13.0. The number of hydrogen-bond donors (Lipinski definition) is 0. The second-order valence-electron chi connectivity index (χ2n) is 7.34. The maximum absolute atomic E-state index is 11.8. The van der Waals surface area contributed by atoms with Gasteiger partial charge in [0.1, 0.15) is 6.10 Å². The van der Waals surface area contributed by atoms with Crippen molar-refractivity contribution < 1.29 is 19.0 Å². The SMILES string of the molecule is C/C=C(\O[C@@H](CN1CCC(OCc2ccccc2)CC1)C(C)C)C(=O)OC. The molecule has 1 saturated heterocycles. The summed E-state index contributed by atoms with van der Waals surface area (Å²) in [7, 11) is 1.37. The van der Waals surface area contributed by atoms with Gasteiger partial charge in [-0.05, 0) is 37.3 Å². The van der Waals surface area contributed by atoms with Crippen LogP contribution >= 0.6 is 0 Å². The number of esters is 1. The lowest BCUT2D eigenvalue weighted by atomic mass is 10.0. The Balaban J connectivity index is 1.79. The molecule has 27 heavy (non-hydrogen) atoms. The molecule has 2 rings (SSSR count). The zero-order chi connectivity index (χ0) is 19.6. The predicted octanol–water partition coefficient (Wildman–Crippen LogP) is 3.79. The smallest absolute Gasteiger partial charge is 0.372 e. The number of carbonyl (C=O) groups is 1. The lowest BCUT2D eigenvalue weighted by Crippen LogP contribution is -2.43. The molecule has 1 atom stereocenters. The van der Waals surface area contributed by atoms with Crippen molar-refractivity contribution in [2.45, 2.75) is 52.4 Å². The molecule has 0 bridgehead atoms. The van der Waals surface area contributed by atoms with Gasteiger partial charge in [0, 0.05) is 19.6 Å². The van der Waals surface area contributed by atoms with Crippen LogP contribution in [0.2, 0.25) is 0 Å². The summed E-state index contributed by atoms with van der Waals surface area (Å²) in [6.45, 7) is 9.46. The highest BCUT2D eigenvalue weighted by Gasteiger charge is 2.26. The van der Waals surface area contributed by atoms with Gasteiger partial charge in [0.25, 0.3) is 0 Å². The minimum Gasteiger partial charge on any atom is -0.482 e. The van der Waals surface area contributed by atoms with Crippen molar-refractivity contribution in [3.63, 3.8) is 0 Å². The first-order valence-corrected chi connectivity index (χ1v) is 9.82. The molecule has 0 radical (unpaired) electrons. The summed E-state index contributed by atoms with van der Waals surface area (Å²) in [4.78, 5) is 14.2. The van der Waals surface area contributed by atoms with Crippen LogP contribution in [0.5, 0.6) is 0 Å². The molecule has 0 saturated carbocycles. The number of ether oxygens (including phenoxy) is 3. The number of carbonyl (C=O) groups excluding carboxylic acids is 1. The second-order valence-corrected chi connectivity index (χ2v) is 7.34. The third-order valence-corrected chi connectivity index (χ3v) is 4.97. The van der Waals surface area contributed by atoms with E-state index in [4.69, 9.17) is 14.2 Å². The van der Waals surface area contributed by atoms with Gasteiger partial charge in [-0.3, -0.25) is 4.90 Å². The molecular formula is C22H33NO4. The van der Waals surface area contributed by atoms with Gasteiger partial charge < -0.3 is 14.2 Å². The Kier molecular flexibility index (Phi) is 8.82. The fourth-order valence-electron chi connectivity index (χ4n) is 3.18. The van der Waals surface area contributed by atoms with Gasteiger partial charge >= 0.3 is 5.97 Å². The molecule has 1 aromatic carbocycles. The van der Waals surface area contributed by atoms with Crippen LogP contribution in [0.1, 0.15) is 39.2 Å². The predicted molar refractivity (Wildman–Crippen MR) is 106 cm³/mol. The number of hydrogen-bond acceptors (Lipinski definition) is 5. The van der Waals surface area contributed by atoms with Crippen LogP contribution < -0.4 is 0 Å². The molecule has 1 heterocycles. The summed E-state index contributed by atoms with van der Waals surface area (Å²) in [6, 6.07) is 10.3. The van der Waals surface area contributed by atoms with Gasteiger partial charge in [0.2, 0.25) is 5.76 Å². The zero-order valence-corrected chi connectivity index (χ0v) is 17.0. The molecular weight excluding hydrogens is 342 g/mol. The van der Waals surface area contributed by atoms with Crippen molar-refractivity contribution in [3.05, 3.63) is 47.7 Å². The van der Waals surface area contributed by atoms with E-state index in [0.29, 0.717) is 18.6 Å². The van der Waals surface area contributed by atoms with Crippen LogP contribution in [0.4, 0.5) is 0 Å². The Morgan fingerprint density at radius 1 is 1.22 bits per heavy atom. The highest BCUT2D eigenvalue weighted by molar-refractivity contribution is 5.86. The summed E-state index contributed by atoms with van der Waals surface area (Å²) in [5, 5.41) is 0. The Bertz CT molecular complexity index is 592. The lowest BCUT2D eigenvalue weighted by Gasteiger charge is -2.35. The number of methoxy groups -OCH3 is 1. The molecule has 150 valence electrons. The Labute approximate surface area is 163 Å². The molecule has 0 spiro atoms. The van der Waals surface area contributed by atoms with E-state index in [9.17, 15) is 4.79 Å².